The van der Waals surface area contributed by atoms with Crippen LogP contribution in [0.2, 0.25) is 0 Å². The number of carbonyl (C=O) groups is 1. The fourth-order valence-electron chi connectivity index (χ4n) is 1.83. The Bertz CT molecular complexity index is 457. The third kappa shape index (κ3) is 3.96. The van der Waals surface area contributed by atoms with Gasteiger partial charge in [-0.3, -0.25) is 0 Å². The minimum absolute atomic E-state index is 0.0781. The van der Waals surface area contributed by atoms with Crippen LogP contribution in [-0.2, 0) is 29.4 Å². The molecule has 84 valence electrons. The van der Waals surface area contributed by atoms with Crippen molar-refractivity contribution in [3.05, 3.63) is 46.0 Å². The van der Waals surface area contributed by atoms with E-state index in [9.17, 15) is 4.79 Å². The van der Waals surface area contributed by atoms with E-state index in [4.69, 9.17) is 5.11 Å². The minimum atomic E-state index is -1.30. The van der Waals surface area contributed by atoms with Crippen molar-refractivity contribution < 1.29 is 34.5 Å². The third-order valence-corrected chi connectivity index (χ3v) is 9.29. The standard InChI is InChI=1S/C7H8NO2.C5H4N.Hg/c9-7(10)6-8-4-2-1-3-5-8;1-2-4-6-5-3-1;/h1-2,4H,5-6H2,(H,9,10);1-2,4-5H;. The van der Waals surface area contributed by atoms with E-state index in [1.807, 2.05) is 29.4 Å². The Morgan fingerprint density at radius 3 is 3.18 bits per heavy atom. The maximum atomic E-state index is 10.6. The molecule has 17 heavy (non-hydrogen) atoms. The van der Waals surface area contributed by atoms with Crippen molar-refractivity contribution in [1.82, 2.24) is 9.88 Å². The number of aliphatic carboxylic acids is 1. The number of rotatable bonds is 4. The van der Waals surface area contributed by atoms with E-state index in [1.165, 1.54) is 6.15 Å². The molecule has 1 aliphatic heterocycles. The van der Waals surface area contributed by atoms with Crippen molar-refractivity contribution in [2.45, 2.75) is 0 Å². The van der Waals surface area contributed by atoms with Crippen LogP contribution in [0.1, 0.15) is 0 Å². The summed E-state index contributed by atoms with van der Waals surface area (Å²) < 4.78 is 2.78. The van der Waals surface area contributed by atoms with Crippen LogP contribution in [0.5, 0.6) is 0 Å². The van der Waals surface area contributed by atoms with Crippen molar-refractivity contribution >= 4 is 9.04 Å². The van der Waals surface area contributed by atoms with Crippen LogP contribution in [-0.4, -0.2) is 34.0 Å². The van der Waals surface area contributed by atoms with Gasteiger partial charge in [0.05, 0.1) is 0 Å². The molecule has 0 fully saturated rings. The van der Waals surface area contributed by atoms with Crippen LogP contribution < -0.4 is 3.07 Å². The predicted molar refractivity (Wildman–Crippen MR) is 60.3 cm³/mol. The molecule has 0 radical (unpaired) electrons. The van der Waals surface area contributed by atoms with E-state index in [0.29, 0.717) is 0 Å². The van der Waals surface area contributed by atoms with E-state index in [2.05, 4.69) is 17.1 Å². The molecule has 0 amide bonds. The molecule has 0 unspecified atom stereocenters. The summed E-state index contributed by atoms with van der Waals surface area (Å²) in [7, 11) is 0. The molecule has 0 saturated heterocycles. The van der Waals surface area contributed by atoms with Gasteiger partial charge in [-0.2, -0.15) is 0 Å². The van der Waals surface area contributed by atoms with Gasteiger partial charge < -0.3 is 0 Å². The molecule has 0 bridgehead atoms. The SMILES string of the molecule is O=C(O)CN1C=CC=[C]([Hg][c]2cccnc2)C1. The molecule has 0 atom stereocenters. The van der Waals surface area contributed by atoms with Crippen molar-refractivity contribution in [2.24, 2.45) is 0 Å². The molecule has 5 heteroatoms. The Hall–Kier alpha value is -1.16. The van der Waals surface area contributed by atoms with Gasteiger partial charge in [0.1, 0.15) is 0 Å². The molecular formula is C12H12HgN2O2. The molecule has 1 aliphatic rings. The van der Waals surface area contributed by atoms with E-state index in [-0.39, 0.29) is 6.54 Å². The first-order chi connectivity index (χ1) is 8.24. The quantitative estimate of drug-likeness (QED) is 0.730. The Morgan fingerprint density at radius 1 is 1.59 bits per heavy atom. The zero-order chi connectivity index (χ0) is 12.1. The summed E-state index contributed by atoms with van der Waals surface area (Å²) in [4.78, 5) is 16.6. The number of nitrogens with zero attached hydrogens (tertiary/aromatic N) is 2. The van der Waals surface area contributed by atoms with Crippen LogP contribution in [0.15, 0.2) is 46.0 Å². The topological polar surface area (TPSA) is 53.4 Å². The average molecular weight is 417 g/mol. The van der Waals surface area contributed by atoms with E-state index in [0.717, 1.165) is 6.54 Å². The van der Waals surface area contributed by atoms with Gasteiger partial charge in [0.25, 0.3) is 0 Å². The van der Waals surface area contributed by atoms with Crippen LogP contribution in [0.25, 0.3) is 0 Å². The summed E-state index contributed by atoms with van der Waals surface area (Å²) in [6, 6.07) is 4.08. The van der Waals surface area contributed by atoms with Gasteiger partial charge in [-0.05, 0) is 0 Å². The van der Waals surface area contributed by atoms with Gasteiger partial charge in [-0.15, -0.1) is 0 Å². The predicted octanol–water partition coefficient (Wildman–Crippen LogP) is 0.587. The van der Waals surface area contributed by atoms with Gasteiger partial charge in [0.15, 0.2) is 0 Å². The van der Waals surface area contributed by atoms with Gasteiger partial charge >= 0.3 is 112 Å². The van der Waals surface area contributed by atoms with Crippen molar-refractivity contribution in [1.29, 1.82) is 0 Å². The number of hydrogen-bond donors (Lipinski definition) is 1. The summed E-state index contributed by atoms with van der Waals surface area (Å²) in [5.41, 5.74) is 0. The van der Waals surface area contributed by atoms with E-state index in [1.54, 1.807) is 6.20 Å². The molecule has 0 saturated carbocycles. The molecule has 1 aromatic rings. The van der Waals surface area contributed by atoms with Crippen LogP contribution >= 0.6 is 0 Å². The van der Waals surface area contributed by atoms with Crippen molar-refractivity contribution in [3.63, 3.8) is 0 Å². The molecule has 1 N–H and O–H groups in total. The zero-order valence-corrected chi connectivity index (χ0v) is 14.9. The summed E-state index contributed by atoms with van der Waals surface area (Å²) in [6.07, 6.45) is 9.63. The molecule has 0 aromatic carbocycles. The molecule has 2 rings (SSSR count). The summed E-state index contributed by atoms with van der Waals surface area (Å²) in [5.74, 6) is -0.783. The monoisotopic (exact) mass is 418 g/mol. The van der Waals surface area contributed by atoms with Crippen LogP contribution in [0.3, 0.4) is 0 Å². The number of carboxylic acid groups (broad SMARTS) is 1. The van der Waals surface area contributed by atoms with Gasteiger partial charge in [-0.25, -0.2) is 0 Å². The molecule has 0 aliphatic carbocycles. The van der Waals surface area contributed by atoms with Crippen LogP contribution in [0.4, 0.5) is 0 Å². The Labute approximate surface area is 112 Å². The first-order valence-corrected chi connectivity index (χ1v) is 10.9. The Morgan fingerprint density at radius 2 is 2.47 bits per heavy atom. The van der Waals surface area contributed by atoms with Gasteiger partial charge in [-0.1, -0.05) is 0 Å². The molecule has 4 nitrogen and oxygen atoms in total. The molecular weight excluding hydrogens is 405 g/mol. The average Bonchev–Trinajstić information content (AvgIpc) is 2.30. The first-order valence-electron chi connectivity index (χ1n) is 5.45. The van der Waals surface area contributed by atoms with Crippen molar-refractivity contribution in [2.75, 3.05) is 13.1 Å². The Kier molecular flexibility index (Phi) is 4.31. The van der Waals surface area contributed by atoms with Gasteiger partial charge in [0, 0.05) is 0 Å². The second kappa shape index (κ2) is 5.96. The number of pyridine rings is 1. The molecule has 0 spiro atoms. The number of allylic oxidation sites excluding steroid dienone is 2. The van der Waals surface area contributed by atoms with Gasteiger partial charge in [0.2, 0.25) is 0 Å². The molecule has 1 aromatic heterocycles. The number of aromatic nitrogens is 1. The second-order valence-corrected chi connectivity index (χ2v) is 12.1. The summed E-state index contributed by atoms with van der Waals surface area (Å²) in [5, 5.41) is 8.75. The molecule has 2 heterocycles. The number of carboxylic acids is 1. The summed E-state index contributed by atoms with van der Waals surface area (Å²) in [6.45, 7) is 0.841. The third-order valence-electron chi connectivity index (χ3n) is 2.53. The van der Waals surface area contributed by atoms with E-state index >= 15 is 0 Å². The zero-order valence-electron chi connectivity index (χ0n) is 9.41. The van der Waals surface area contributed by atoms with E-state index < -0.39 is 30.5 Å². The van der Waals surface area contributed by atoms with Crippen molar-refractivity contribution in [3.8, 4) is 0 Å². The Balaban J connectivity index is 1.97. The normalized spacial score (nSPS) is 14.1. The maximum absolute atomic E-state index is 10.6. The summed E-state index contributed by atoms with van der Waals surface area (Å²) >= 11 is -1.30. The van der Waals surface area contributed by atoms with Crippen LogP contribution in [0, 0.1) is 0 Å². The second-order valence-electron chi connectivity index (χ2n) is 4.00. The fraction of sp³-hybridized carbons (Fsp3) is 0.167. The fourth-order valence-corrected chi connectivity index (χ4v) is 8.16. The number of hydrogen-bond acceptors (Lipinski definition) is 3. The first kappa shape index (κ1) is 12.3.